The van der Waals surface area contributed by atoms with Gasteiger partial charge in [0, 0.05) is 19.5 Å². The van der Waals surface area contributed by atoms with Gasteiger partial charge in [-0.2, -0.15) is 5.10 Å². The number of nitrogens with zero attached hydrogens (tertiary/aromatic N) is 4. The third-order valence-electron chi connectivity index (χ3n) is 4.16. The number of carbonyl (C=O) groups excluding carboxylic acids is 1. The lowest BCUT2D eigenvalue weighted by Crippen LogP contribution is -2.29. The SMILES string of the molecule is C=CCNC(=O)CCn1c(C)nc2c(cnn2-c2ccc(C)cc2)c1=O. The molecule has 0 bridgehead atoms. The standard InChI is InChI=1S/C19H21N5O2/c1-4-10-20-17(25)9-11-23-14(3)22-18-16(19(23)26)12-21-24(18)15-7-5-13(2)6-8-15/h4-8,12H,1,9-11H2,2-3H3,(H,20,25). The van der Waals surface area contributed by atoms with Crippen LogP contribution < -0.4 is 10.9 Å². The van der Waals surface area contributed by atoms with Gasteiger partial charge in [0.1, 0.15) is 11.2 Å². The summed E-state index contributed by atoms with van der Waals surface area (Å²) in [5, 5.41) is 7.46. The summed E-state index contributed by atoms with van der Waals surface area (Å²) in [4.78, 5) is 29.1. The molecule has 0 aliphatic rings. The highest BCUT2D eigenvalue weighted by atomic mass is 16.1. The zero-order valence-electron chi connectivity index (χ0n) is 14.9. The fourth-order valence-electron chi connectivity index (χ4n) is 2.73. The minimum Gasteiger partial charge on any atom is -0.353 e. The monoisotopic (exact) mass is 351 g/mol. The van der Waals surface area contributed by atoms with E-state index in [1.54, 1.807) is 17.7 Å². The Labute approximate surface area is 151 Å². The molecule has 7 nitrogen and oxygen atoms in total. The van der Waals surface area contributed by atoms with Crippen molar-refractivity contribution >= 4 is 16.9 Å². The molecule has 0 aliphatic heterocycles. The van der Waals surface area contributed by atoms with Crippen LogP contribution in [0.5, 0.6) is 0 Å². The van der Waals surface area contributed by atoms with E-state index in [-0.39, 0.29) is 24.4 Å². The Morgan fingerprint density at radius 2 is 2.00 bits per heavy atom. The highest BCUT2D eigenvalue weighted by Gasteiger charge is 2.14. The Morgan fingerprint density at radius 1 is 1.27 bits per heavy atom. The highest BCUT2D eigenvalue weighted by Crippen LogP contribution is 2.15. The molecule has 0 radical (unpaired) electrons. The van der Waals surface area contributed by atoms with E-state index in [9.17, 15) is 9.59 Å². The second-order valence-electron chi connectivity index (χ2n) is 6.09. The topological polar surface area (TPSA) is 81.8 Å². The van der Waals surface area contributed by atoms with E-state index < -0.39 is 0 Å². The second-order valence-corrected chi connectivity index (χ2v) is 6.09. The van der Waals surface area contributed by atoms with Gasteiger partial charge in [-0.1, -0.05) is 23.8 Å². The number of aromatic nitrogens is 4. The average Bonchev–Trinajstić information content (AvgIpc) is 3.04. The van der Waals surface area contributed by atoms with Crippen molar-refractivity contribution in [3.05, 3.63) is 64.9 Å². The third kappa shape index (κ3) is 3.42. The molecule has 2 heterocycles. The predicted molar refractivity (Wildman–Crippen MR) is 100 cm³/mol. The smallest absolute Gasteiger partial charge is 0.264 e. The van der Waals surface area contributed by atoms with E-state index >= 15 is 0 Å². The lowest BCUT2D eigenvalue weighted by Gasteiger charge is -2.10. The number of aryl methyl sites for hydroxylation is 2. The molecule has 0 atom stereocenters. The number of rotatable bonds is 6. The predicted octanol–water partition coefficient (Wildman–Crippen LogP) is 1.89. The number of nitrogens with one attached hydrogen (secondary N) is 1. The summed E-state index contributed by atoms with van der Waals surface area (Å²) in [6.45, 7) is 8.01. The molecule has 3 aromatic rings. The Bertz CT molecular complexity index is 1010. The highest BCUT2D eigenvalue weighted by molar-refractivity contribution is 5.76. The van der Waals surface area contributed by atoms with E-state index in [1.807, 2.05) is 31.2 Å². The fourth-order valence-corrected chi connectivity index (χ4v) is 2.73. The molecule has 0 spiro atoms. The molecule has 134 valence electrons. The molecule has 7 heteroatoms. The third-order valence-corrected chi connectivity index (χ3v) is 4.16. The van der Waals surface area contributed by atoms with Gasteiger partial charge in [-0.15, -0.1) is 6.58 Å². The zero-order chi connectivity index (χ0) is 18.7. The molecule has 0 fully saturated rings. The van der Waals surface area contributed by atoms with Gasteiger partial charge >= 0.3 is 0 Å². The summed E-state index contributed by atoms with van der Waals surface area (Å²) in [5.74, 6) is 0.416. The molecule has 26 heavy (non-hydrogen) atoms. The Hall–Kier alpha value is -3.22. The van der Waals surface area contributed by atoms with Gasteiger partial charge in [-0.25, -0.2) is 9.67 Å². The average molecular weight is 351 g/mol. The molecule has 2 aromatic heterocycles. The Balaban J connectivity index is 1.94. The van der Waals surface area contributed by atoms with E-state index in [2.05, 4.69) is 22.0 Å². The van der Waals surface area contributed by atoms with Crippen LogP contribution in [-0.2, 0) is 11.3 Å². The molecule has 3 rings (SSSR count). The first-order valence-corrected chi connectivity index (χ1v) is 8.41. The normalized spacial score (nSPS) is 10.8. The minimum absolute atomic E-state index is 0.133. The van der Waals surface area contributed by atoms with Gasteiger partial charge < -0.3 is 5.32 Å². The van der Waals surface area contributed by atoms with Crippen LogP contribution in [0.2, 0.25) is 0 Å². The van der Waals surface area contributed by atoms with Crippen molar-refractivity contribution < 1.29 is 4.79 Å². The van der Waals surface area contributed by atoms with E-state index in [0.29, 0.717) is 23.4 Å². The maximum Gasteiger partial charge on any atom is 0.264 e. The van der Waals surface area contributed by atoms with Crippen LogP contribution in [0.4, 0.5) is 0 Å². The number of hydrogen-bond acceptors (Lipinski definition) is 4. The van der Waals surface area contributed by atoms with E-state index in [4.69, 9.17) is 0 Å². The number of carbonyl (C=O) groups is 1. The first-order valence-electron chi connectivity index (χ1n) is 8.41. The van der Waals surface area contributed by atoms with Crippen molar-refractivity contribution in [3.8, 4) is 5.69 Å². The summed E-state index contributed by atoms with van der Waals surface area (Å²) >= 11 is 0. The van der Waals surface area contributed by atoms with Crippen LogP contribution in [0.1, 0.15) is 17.8 Å². The van der Waals surface area contributed by atoms with Crippen LogP contribution in [0, 0.1) is 13.8 Å². The quantitative estimate of drug-likeness (QED) is 0.688. The molecule has 1 amide bonds. The van der Waals surface area contributed by atoms with Crippen LogP contribution in [0.3, 0.4) is 0 Å². The van der Waals surface area contributed by atoms with E-state index in [1.165, 1.54) is 10.8 Å². The van der Waals surface area contributed by atoms with Crippen molar-refractivity contribution in [2.45, 2.75) is 26.8 Å². The van der Waals surface area contributed by atoms with Crippen LogP contribution in [0.25, 0.3) is 16.7 Å². The summed E-state index contributed by atoms with van der Waals surface area (Å²) in [5.41, 5.74) is 2.32. The maximum atomic E-state index is 12.8. The number of benzene rings is 1. The largest absolute Gasteiger partial charge is 0.353 e. The fraction of sp³-hybridized carbons (Fsp3) is 0.263. The van der Waals surface area contributed by atoms with Gasteiger partial charge in [0.2, 0.25) is 5.91 Å². The number of fused-ring (bicyclic) bond motifs is 1. The second kappa shape index (κ2) is 7.35. The van der Waals surface area contributed by atoms with Gasteiger partial charge in [-0.3, -0.25) is 14.2 Å². The maximum absolute atomic E-state index is 12.8. The van der Waals surface area contributed by atoms with Gasteiger partial charge in [0.25, 0.3) is 5.56 Å². The minimum atomic E-state index is -0.192. The van der Waals surface area contributed by atoms with Crippen molar-refractivity contribution in [1.29, 1.82) is 0 Å². The molecule has 0 saturated carbocycles. The summed E-state index contributed by atoms with van der Waals surface area (Å²) in [6.07, 6.45) is 3.34. The molecule has 0 unspecified atom stereocenters. The summed E-state index contributed by atoms with van der Waals surface area (Å²) < 4.78 is 3.17. The number of amides is 1. The Morgan fingerprint density at radius 3 is 2.69 bits per heavy atom. The molecular formula is C19H21N5O2. The van der Waals surface area contributed by atoms with Gasteiger partial charge in [-0.05, 0) is 26.0 Å². The molecular weight excluding hydrogens is 330 g/mol. The lowest BCUT2D eigenvalue weighted by atomic mass is 10.2. The molecule has 1 N–H and O–H groups in total. The lowest BCUT2D eigenvalue weighted by molar-refractivity contribution is -0.121. The summed E-state index contributed by atoms with van der Waals surface area (Å²) in [6, 6.07) is 7.85. The van der Waals surface area contributed by atoms with Crippen molar-refractivity contribution in [3.63, 3.8) is 0 Å². The van der Waals surface area contributed by atoms with Crippen LogP contribution >= 0.6 is 0 Å². The molecule has 0 saturated heterocycles. The molecule has 1 aromatic carbocycles. The Kier molecular flexibility index (Phi) is 4.97. The van der Waals surface area contributed by atoms with Gasteiger partial charge in [0.05, 0.1) is 11.9 Å². The first-order chi connectivity index (χ1) is 12.5. The first kappa shape index (κ1) is 17.6. The zero-order valence-corrected chi connectivity index (χ0v) is 14.9. The summed E-state index contributed by atoms with van der Waals surface area (Å²) in [7, 11) is 0. The van der Waals surface area contributed by atoms with Crippen molar-refractivity contribution in [1.82, 2.24) is 24.6 Å². The van der Waals surface area contributed by atoms with E-state index in [0.717, 1.165) is 11.3 Å². The van der Waals surface area contributed by atoms with Crippen molar-refractivity contribution in [2.24, 2.45) is 0 Å². The van der Waals surface area contributed by atoms with Gasteiger partial charge in [0.15, 0.2) is 5.65 Å². The number of hydrogen-bond donors (Lipinski definition) is 1. The molecule has 0 aliphatic carbocycles. The van der Waals surface area contributed by atoms with Crippen molar-refractivity contribution in [2.75, 3.05) is 6.54 Å². The van der Waals surface area contributed by atoms with Crippen LogP contribution in [0.15, 0.2) is 47.9 Å². The van der Waals surface area contributed by atoms with Crippen LogP contribution in [-0.4, -0.2) is 31.8 Å².